The first kappa shape index (κ1) is 10.7. The molecule has 64 valence electrons. The molecule has 5 heteroatoms. The van der Waals surface area contributed by atoms with E-state index in [1.807, 2.05) is 22.6 Å². The van der Waals surface area contributed by atoms with Gasteiger partial charge in [-0.2, -0.15) is 0 Å². The fraction of sp³-hybridized carbons (Fsp3) is 0.667. The Morgan fingerprint density at radius 2 is 2.09 bits per heavy atom. The molecule has 0 saturated heterocycles. The molecule has 4 nitrogen and oxygen atoms in total. The number of alkyl halides is 1. The zero-order valence-electron chi connectivity index (χ0n) is 5.97. The van der Waals surface area contributed by atoms with Gasteiger partial charge in [-0.3, -0.25) is 9.59 Å². The number of hydrogen-bond acceptors (Lipinski definition) is 2. The van der Waals surface area contributed by atoms with Crippen LogP contribution in [0.15, 0.2) is 0 Å². The van der Waals surface area contributed by atoms with Crippen LogP contribution in [-0.4, -0.2) is 28.0 Å². The van der Waals surface area contributed by atoms with Gasteiger partial charge in [-0.25, -0.2) is 0 Å². The quantitative estimate of drug-likeness (QED) is 0.432. The second kappa shape index (κ2) is 6.38. The van der Waals surface area contributed by atoms with E-state index < -0.39 is 5.97 Å². The van der Waals surface area contributed by atoms with Gasteiger partial charge in [0.2, 0.25) is 5.91 Å². The number of nitrogens with one attached hydrogen (secondary N) is 1. The number of hydrogen-bond donors (Lipinski definition) is 2. The number of halogens is 1. The van der Waals surface area contributed by atoms with E-state index >= 15 is 0 Å². The normalized spacial score (nSPS) is 9.18. The lowest BCUT2D eigenvalue weighted by Crippen LogP contribution is -2.25. The zero-order chi connectivity index (χ0) is 8.69. The van der Waals surface area contributed by atoms with Crippen molar-refractivity contribution in [1.29, 1.82) is 0 Å². The van der Waals surface area contributed by atoms with Crippen LogP contribution in [-0.2, 0) is 9.59 Å². The molecule has 0 aliphatic carbocycles. The molecule has 0 aromatic carbocycles. The van der Waals surface area contributed by atoms with E-state index in [9.17, 15) is 9.59 Å². The SMILES string of the molecule is O=C(O)CCCNC(=O)CI. The van der Waals surface area contributed by atoms with Crippen LogP contribution in [0.2, 0.25) is 0 Å². The van der Waals surface area contributed by atoms with E-state index in [1.54, 1.807) is 0 Å². The molecule has 0 radical (unpaired) electrons. The molecule has 0 aromatic heterocycles. The van der Waals surface area contributed by atoms with Crippen molar-refractivity contribution in [2.75, 3.05) is 11.0 Å². The summed E-state index contributed by atoms with van der Waals surface area (Å²) >= 11 is 1.95. The minimum atomic E-state index is -0.825. The average molecular weight is 271 g/mol. The summed E-state index contributed by atoms with van der Waals surface area (Å²) in [6, 6.07) is 0. The van der Waals surface area contributed by atoms with Gasteiger partial charge in [-0.05, 0) is 6.42 Å². The fourth-order valence-corrected chi connectivity index (χ4v) is 0.784. The van der Waals surface area contributed by atoms with E-state index in [0.29, 0.717) is 17.4 Å². The molecule has 0 saturated carbocycles. The predicted octanol–water partition coefficient (Wildman–Crippen LogP) is 0.402. The Morgan fingerprint density at radius 1 is 1.45 bits per heavy atom. The minimum absolute atomic E-state index is 0.0454. The third-order valence-corrected chi connectivity index (χ3v) is 1.70. The third kappa shape index (κ3) is 7.57. The van der Waals surface area contributed by atoms with Crippen LogP contribution in [0, 0.1) is 0 Å². The lowest BCUT2D eigenvalue weighted by molar-refractivity contribution is -0.137. The summed E-state index contributed by atoms with van der Waals surface area (Å²) < 4.78 is 0.421. The molecule has 11 heavy (non-hydrogen) atoms. The van der Waals surface area contributed by atoms with Gasteiger partial charge >= 0.3 is 5.97 Å². The standard InChI is InChI=1S/C6H10INO3/c7-4-5(9)8-3-1-2-6(10)11/h1-4H2,(H,8,9)(H,10,11). The summed E-state index contributed by atoms with van der Waals surface area (Å²) in [5.74, 6) is -0.871. The Balaban J connectivity index is 3.14. The van der Waals surface area contributed by atoms with Crippen molar-refractivity contribution in [2.24, 2.45) is 0 Å². The second-order valence-corrected chi connectivity index (χ2v) is 2.74. The van der Waals surface area contributed by atoms with Gasteiger partial charge in [0.25, 0.3) is 0 Å². The number of aliphatic carboxylic acids is 1. The van der Waals surface area contributed by atoms with Crippen molar-refractivity contribution in [3.05, 3.63) is 0 Å². The van der Waals surface area contributed by atoms with Gasteiger partial charge in [0.15, 0.2) is 0 Å². The van der Waals surface area contributed by atoms with Gasteiger partial charge in [-0.1, -0.05) is 22.6 Å². The van der Waals surface area contributed by atoms with E-state index in [4.69, 9.17) is 5.11 Å². The summed E-state index contributed by atoms with van der Waals surface area (Å²) in [6.45, 7) is 0.453. The molecule has 0 atom stereocenters. The average Bonchev–Trinajstić information content (AvgIpc) is 1.97. The monoisotopic (exact) mass is 271 g/mol. The predicted molar refractivity (Wildman–Crippen MR) is 48.8 cm³/mol. The lowest BCUT2D eigenvalue weighted by Gasteiger charge is -1.99. The molecule has 0 unspecified atom stereocenters. The molecule has 2 N–H and O–H groups in total. The highest BCUT2D eigenvalue weighted by molar-refractivity contribution is 14.1. The van der Waals surface area contributed by atoms with Crippen LogP contribution in [0.4, 0.5) is 0 Å². The zero-order valence-corrected chi connectivity index (χ0v) is 8.13. The number of carboxylic acid groups (broad SMARTS) is 1. The van der Waals surface area contributed by atoms with Crippen LogP contribution in [0.1, 0.15) is 12.8 Å². The summed E-state index contributed by atoms with van der Waals surface area (Å²) in [5.41, 5.74) is 0. The molecule has 0 aliphatic rings. The molecule has 0 rings (SSSR count). The van der Waals surface area contributed by atoms with Gasteiger partial charge < -0.3 is 10.4 Å². The first-order valence-electron chi connectivity index (χ1n) is 3.21. The Kier molecular flexibility index (Phi) is 6.19. The Bertz CT molecular complexity index is 149. The third-order valence-electron chi connectivity index (χ3n) is 1.01. The topological polar surface area (TPSA) is 66.4 Å². The Hall–Kier alpha value is -0.330. The molecular formula is C6H10INO3. The highest BCUT2D eigenvalue weighted by Gasteiger charge is 1.98. The second-order valence-electron chi connectivity index (χ2n) is 1.98. The molecule has 0 aromatic rings. The van der Waals surface area contributed by atoms with Crippen LogP contribution >= 0.6 is 22.6 Å². The molecule has 1 amide bonds. The van der Waals surface area contributed by atoms with Crippen molar-refractivity contribution in [1.82, 2.24) is 5.32 Å². The van der Waals surface area contributed by atoms with Crippen molar-refractivity contribution in [3.63, 3.8) is 0 Å². The number of carbonyl (C=O) groups is 2. The summed E-state index contributed by atoms with van der Waals surface area (Å²) in [5, 5.41) is 10.8. The van der Waals surface area contributed by atoms with Crippen LogP contribution < -0.4 is 5.32 Å². The van der Waals surface area contributed by atoms with Gasteiger partial charge in [0.05, 0.1) is 4.43 Å². The number of carbonyl (C=O) groups excluding carboxylic acids is 1. The van der Waals surface area contributed by atoms with Gasteiger partial charge in [0, 0.05) is 13.0 Å². The van der Waals surface area contributed by atoms with Crippen molar-refractivity contribution in [2.45, 2.75) is 12.8 Å². The van der Waals surface area contributed by atoms with Gasteiger partial charge in [0.1, 0.15) is 0 Å². The summed E-state index contributed by atoms with van der Waals surface area (Å²) in [4.78, 5) is 20.6. The Morgan fingerprint density at radius 3 is 2.55 bits per heavy atom. The first-order chi connectivity index (χ1) is 5.16. The van der Waals surface area contributed by atoms with E-state index in [2.05, 4.69) is 5.32 Å². The first-order valence-corrected chi connectivity index (χ1v) is 4.74. The molecule has 0 fully saturated rings. The highest BCUT2D eigenvalue weighted by atomic mass is 127. The number of amides is 1. The number of rotatable bonds is 5. The lowest BCUT2D eigenvalue weighted by atomic mass is 10.3. The van der Waals surface area contributed by atoms with Crippen LogP contribution in [0.25, 0.3) is 0 Å². The maximum absolute atomic E-state index is 10.6. The van der Waals surface area contributed by atoms with E-state index in [0.717, 1.165) is 0 Å². The van der Waals surface area contributed by atoms with Crippen molar-refractivity contribution < 1.29 is 14.7 Å². The largest absolute Gasteiger partial charge is 0.481 e. The molecular weight excluding hydrogens is 261 g/mol. The minimum Gasteiger partial charge on any atom is -0.481 e. The summed E-state index contributed by atoms with van der Waals surface area (Å²) in [7, 11) is 0. The fourth-order valence-electron chi connectivity index (χ4n) is 0.515. The van der Waals surface area contributed by atoms with Crippen LogP contribution in [0.3, 0.4) is 0 Å². The molecule has 0 heterocycles. The van der Waals surface area contributed by atoms with Gasteiger partial charge in [-0.15, -0.1) is 0 Å². The molecule has 0 bridgehead atoms. The van der Waals surface area contributed by atoms with E-state index in [-0.39, 0.29) is 12.3 Å². The molecule has 0 aliphatic heterocycles. The molecule has 0 spiro atoms. The van der Waals surface area contributed by atoms with Crippen molar-refractivity contribution in [3.8, 4) is 0 Å². The number of carboxylic acids is 1. The van der Waals surface area contributed by atoms with Crippen molar-refractivity contribution >= 4 is 34.5 Å². The maximum Gasteiger partial charge on any atom is 0.303 e. The summed E-state index contributed by atoms with van der Waals surface area (Å²) in [6.07, 6.45) is 0.610. The smallest absolute Gasteiger partial charge is 0.303 e. The van der Waals surface area contributed by atoms with E-state index in [1.165, 1.54) is 0 Å². The maximum atomic E-state index is 10.6. The van der Waals surface area contributed by atoms with Crippen LogP contribution in [0.5, 0.6) is 0 Å². The highest BCUT2D eigenvalue weighted by Crippen LogP contribution is 1.86. The Labute approximate surface area is 78.5 Å².